The summed E-state index contributed by atoms with van der Waals surface area (Å²) < 4.78 is 54.3. The Bertz CT molecular complexity index is 911. The summed E-state index contributed by atoms with van der Waals surface area (Å²) in [6.45, 7) is 2.92. The third-order valence-electron chi connectivity index (χ3n) is 4.12. The van der Waals surface area contributed by atoms with Gasteiger partial charge in [0.25, 0.3) is 0 Å². The first-order valence-corrected chi connectivity index (χ1v) is 7.45. The van der Waals surface area contributed by atoms with Gasteiger partial charge in [-0.25, -0.2) is 9.37 Å². The molecule has 0 saturated carbocycles. The van der Waals surface area contributed by atoms with E-state index in [1.54, 1.807) is 6.07 Å². The zero-order valence-corrected chi connectivity index (χ0v) is 12.4. The molecular weight excluding hydrogens is 326 g/mol. The lowest BCUT2D eigenvalue weighted by Gasteiger charge is -2.28. The van der Waals surface area contributed by atoms with Crippen LogP contribution in [-0.4, -0.2) is 40.8 Å². The fourth-order valence-electron chi connectivity index (χ4n) is 2.97. The first-order chi connectivity index (χ1) is 11.4. The minimum atomic E-state index is -4.76. The lowest BCUT2D eigenvalue weighted by molar-refractivity contribution is -0.139. The SMILES string of the molecule is Fc1cc2nc(N3CCNCC3)n3nccc3c2cc1C(F)(F)F. The van der Waals surface area contributed by atoms with E-state index in [2.05, 4.69) is 15.4 Å². The molecule has 0 amide bonds. The van der Waals surface area contributed by atoms with Crippen LogP contribution in [0.25, 0.3) is 16.4 Å². The summed E-state index contributed by atoms with van der Waals surface area (Å²) in [7, 11) is 0. The van der Waals surface area contributed by atoms with Crippen molar-refractivity contribution >= 4 is 22.4 Å². The Morgan fingerprint density at radius 1 is 1.12 bits per heavy atom. The molecule has 1 aliphatic heterocycles. The van der Waals surface area contributed by atoms with Gasteiger partial charge in [0.2, 0.25) is 5.95 Å². The maximum atomic E-state index is 13.9. The molecule has 1 saturated heterocycles. The Morgan fingerprint density at radius 2 is 1.88 bits per heavy atom. The van der Waals surface area contributed by atoms with Crippen LogP contribution in [0.4, 0.5) is 23.5 Å². The third-order valence-corrected chi connectivity index (χ3v) is 4.12. The molecule has 5 nitrogen and oxygen atoms in total. The number of hydrogen-bond acceptors (Lipinski definition) is 4. The lowest BCUT2D eigenvalue weighted by atomic mass is 10.1. The number of rotatable bonds is 1. The molecule has 0 unspecified atom stereocenters. The Kier molecular flexibility index (Phi) is 3.34. The van der Waals surface area contributed by atoms with Gasteiger partial charge in [0, 0.05) is 37.6 Å². The molecule has 0 spiro atoms. The third kappa shape index (κ3) is 2.35. The number of anilines is 1. The van der Waals surface area contributed by atoms with Crippen molar-refractivity contribution in [2.75, 3.05) is 31.1 Å². The second kappa shape index (κ2) is 5.30. The van der Waals surface area contributed by atoms with E-state index >= 15 is 0 Å². The van der Waals surface area contributed by atoms with Gasteiger partial charge in [-0.15, -0.1) is 0 Å². The molecule has 0 aliphatic carbocycles. The Morgan fingerprint density at radius 3 is 2.58 bits per heavy atom. The van der Waals surface area contributed by atoms with Crippen molar-refractivity contribution in [2.24, 2.45) is 0 Å². The number of piperazine rings is 1. The fourth-order valence-corrected chi connectivity index (χ4v) is 2.97. The van der Waals surface area contributed by atoms with E-state index in [0.29, 0.717) is 24.6 Å². The van der Waals surface area contributed by atoms with Crippen LogP contribution in [0.1, 0.15) is 5.56 Å². The normalized spacial score (nSPS) is 16.2. The predicted octanol–water partition coefficient (Wildman–Crippen LogP) is 2.45. The van der Waals surface area contributed by atoms with Crippen LogP contribution in [0.15, 0.2) is 24.4 Å². The molecule has 2 aromatic heterocycles. The van der Waals surface area contributed by atoms with E-state index in [0.717, 1.165) is 25.2 Å². The maximum absolute atomic E-state index is 13.9. The van der Waals surface area contributed by atoms with Crippen molar-refractivity contribution in [2.45, 2.75) is 6.18 Å². The first kappa shape index (κ1) is 15.1. The minimum Gasteiger partial charge on any atom is -0.338 e. The van der Waals surface area contributed by atoms with Gasteiger partial charge in [-0.1, -0.05) is 0 Å². The van der Waals surface area contributed by atoms with Crippen LogP contribution in [0.3, 0.4) is 0 Å². The van der Waals surface area contributed by atoms with E-state index in [4.69, 9.17) is 0 Å². The molecule has 1 fully saturated rings. The first-order valence-electron chi connectivity index (χ1n) is 7.45. The maximum Gasteiger partial charge on any atom is 0.419 e. The molecular formula is C15H13F4N5. The molecule has 0 radical (unpaired) electrons. The highest BCUT2D eigenvalue weighted by Crippen LogP contribution is 2.35. The number of hydrogen-bond donors (Lipinski definition) is 1. The van der Waals surface area contributed by atoms with Gasteiger partial charge in [0.05, 0.1) is 22.8 Å². The van der Waals surface area contributed by atoms with Crippen molar-refractivity contribution in [3.05, 3.63) is 35.8 Å². The molecule has 1 N–H and O–H groups in total. The van der Waals surface area contributed by atoms with E-state index in [1.165, 1.54) is 10.7 Å². The summed E-state index contributed by atoms with van der Waals surface area (Å²) in [6.07, 6.45) is -3.26. The number of alkyl halides is 3. The summed E-state index contributed by atoms with van der Waals surface area (Å²) in [5, 5.41) is 7.61. The summed E-state index contributed by atoms with van der Waals surface area (Å²) in [4.78, 5) is 6.35. The molecule has 0 atom stereocenters. The average Bonchev–Trinajstić information content (AvgIpc) is 3.03. The van der Waals surface area contributed by atoms with Crippen molar-refractivity contribution in [1.29, 1.82) is 0 Å². The van der Waals surface area contributed by atoms with Crippen LogP contribution in [0, 0.1) is 5.82 Å². The largest absolute Gasteiger partial charge is 0.419 e. The highest BCUT2D eigenvalue weighted by atomic mass is 19.4. The highest BCUT2D eigenvalue weighted by molar-refractivity contribution is 5.95. The molecule has 9 heteroatoms. The number of benzene rings is 1. The summed E-state index contributed by atoms with van der Waals surface area (Å²) in [5.41, 5.74) is -0.643. The number of halogens is 4. The van der Waals surface area contributed by atoms with Crippen LogP contribution < -0.4 is 10.2 Å². The Balaban J connectivity index is 1.98. The summed E-state index contributed by atoms with van der Waals surface area (Å²) >= 11 is 0. The molecule has 0 bridgehead atoms. The van der Waals surface area contributed by atoms with Gasteiger partial charge in [-0.3, -0.25) is 0 Å². The van der Waals surface area contributed by atoms with Gasteiger partial charge >= 0.3 is 6.18 Å². The fraction of sp³-hybridized carbons (Fsp3) is 0.333. The predicted molar refractivity (Wildman–Crippen MR) is 80.5 cm³/mol. The minimum absolute atomic E-state index is 0.182. The quantitative estimate of drug-likeness (QED) is 0.692. The molecule has 126 valence electrons. The van der Waals surface area contributed by atoms with E-state index in [9.17, 15) is 17.6 Å². The van der Waals surface area contributed by atoms with E-state index < -0.39 is 17.6 Å². The number of nitrogens with one attached hydrogen (secondary N) is 1. The van der Waals surface area contributed by atoms with Crippen molar-refractivity contribution < 1.29 is 17.6 Å². The second-order valence-corrected chi connectivity index (χ2v) is 5.62. The average molecular weight is 339 g/mol. The highest BCUT2D eigenvalue weighted by Gasteiger charge is 2.35. The number of fused-ring (bicyclic) bond motifs is 3. The van der Waals surface area contributed by atoms with Crippen LogP contribution in [-0.2, 0) is 6.18 Å². The van der Waals surface area contributed by atoms with E-state index in [-0.39, 0.29) is 10.9 Å². The Labute approximate surface area is 133 Å². The van der Waals surface area contributed by atoms with Crippen LogP contribution >= 0.6 is 0 Å². The van der Waals surface area contributed by atoms with Gasteiger partial charge in [0.15, 0.2) is 0 Å². The van der Waals surface area contributed by atoms with Crippen molar-refractivity contribution in [1.82, 2.24) is 19.9 Å². The van der Waals surface area contributed by atoms with Gasteiger partial charge in [-0.05, 0) is 12.1 Å². The van der Waals surface area contributed by atoms with Crippen LogP contribution in [0.5, 0.6) is 0 Å². The zero-order chi connectivity index (χ0) is 16.9. The van der Waals surface area contributed by atoms with Crippen molar-refractivity contribution in [3.63, 3.8) is 0 Å². The number of nitrogens with zero attached hydrogens (tertiary/aromatic N) is 4. The molecule has 1 aromatic carbocycles. The molecule has 3 aromatic rings. The van der Waals surface area contributed by atoms with Gasteiger partial charge < -0.3 is 10.2 Å². The van der Waals surface area contributed by atoms with E-state index in [1.807, 2.05) is 4.90 Å². The summed E-state index contributed by atoms with van der Waals surface area (Å²) in [5.74, 6) is -0.819. The molecule has 24 heavy (non-hydrogen) atoms. The monoisotopic (exact) mass is 339 g/mol. The summed E-state index contributed by atoms with van der Waals surface area (Å²) in [6, 6.07) is 3.25. The standard InChI is InChI=1S/C15H13F4N5/c16-11-8-12-9(7-10(11)15(17,18)19)13-1-2-21-24(13)14(22-12)23-5-3-20-4-6-23/h1-2,7-8,20H,3-6H2. The van der Waals surface area contributed by atoms with Crippen molar-refractivity contribution in [3.8, 4) is 0 Å². The second-order valence-electron chi connectivity index (χ2n) is 5.62. The molecule has 1 aliphatic rings. The van der Waals surface area contributed by atoms with Gasteiger partial charge in [-0.2, -0.15) is 22.8 Å². The number of aromatic nitrogens is 3. The Hall–Kier alpha value is -2.42. The lowest BCUT2D eigenvalue weighted by Crippen LogP contribution is -2.44. The van der Waals surface area contributed by atoms with Gasteiger partial charge in [0.1, 0.15) is 5.82 Å². The smallest absolute Gasteiger partial charge is 0.338 e. The zero-order valence-electron chi connectivity index (χ0n) is 12.4. The van der Waals surface area contributed by atoms with Crippen LogP contribution in [0.2, 0.25) is 0 Å². The molecule has 3 heterocycles. The molecule has 4 rings (SSSR count). The topological polar surface area (TPSA) is 45.5 Å².